The van der Waals surface area contributed by atoms with E-state index < -0.39 is 10.0 Å². The smallest absolute Gasteiger partial charge is 0.229 e. The number of hydrogen-bond donors (Lipinski definition) is 1. The first kappa shape index (κ1) is 12.7. The molecule has 1 aromatic heterocycles. The Morgan fingerprint density at radius 3 is 2.83 bits per heavy atom. The minimum Gasteiger partial charge on any atom is -0.495 e. The second-order valence-electron chi connectivity index (χ2n) is 3.17. The zero-order chi connectivity index (χ0) is 13.2. The van der Waals surface area contributed by atoms with Gasteiger partial charge in [0.2, 0.25) is 10.0 Å². The van der Waals surface area contributed by atoms with Crippen LogP contribution >= 0.6 is 11.6 Å². The molecule has 0 fully saturated rings. The summed E-state index contributed by atoms with van der Waals surface area (Å²) in [5.41, 5.74) is 0. The summed E-state index contributed by atoms with van der Waals surface area (Å²) in [7, 11) is -2.49. The molecule has 0 aliphatic heterocycles. The van der Waals surface area contributed by atoms with Crippen LogP contribution in [0.5, 0.6) is 5.75 Å². The van der Waals surface area contributed by atoms with Crippen molar-refractivity contribution in [2.24, 2.45) is 0 Å². The van der Waals surface area contributed by atoms with E-state index in [4.69, 9.17) is 16.3 Å². The first-order valence-corrected chi connectivity index (χ1v) is 6.51. The number of methoxy groups -OCH3 is 1. The number of hydrogen-bond acceptors (Lipinski definition) is 5. The molecule has 0 bridgehead atoms. The zero-order valence-electron chi connectivity index (χ0n) is 9.16. The minimum atomic E-state index is -3.88. The Kier molecular flexibility index (Phi) is 3.39. The fourth-order valence-electron chi connectivity index (χ4n) is 1.21. The number of benzene rings is 1. The number of rotatable bonds is 4. The lowest BCUT2D eigenvalue weighted by molar-refractivity contribution is 0.413. The van der Waals surface area contributed by atoms with Crippen molar-refractivity contribution in [1.29, 1.82) is 0 Å². The molecule has 0 aliphatic carbocycles. The van der Waals surface area contributed by atoms with Crippen molar-refractivity contribution < 1.29 is 13.2 Å². The molecule has 7 nitrogen and oxygen atoms in total. The first-order valence-electron chi connectivity index (χ1n) is 4.70. The third-order valence-electron chi connectivity index (χ3n) is 2.03. The van der Waals surface area contributed by atoms with Gasteiger partial charge in [-0.1, -0.05) is 11.6 Å². The predicted octanol–water partition coefficient (Wildman–Crippen LogP) is 1.86. The van der Waals surface area contributed by atoms with Crippen LogP contribution in [0.3, 0.4) is 0 Å². The maximum Gasteiger partial charge on any atom is 0.229 e. The Labute approximate surface area is 108 Å². The summed E-state index contributed by atoms with van der Waals surface area (Å²) < 4.78 is 32.3. The number of ether oxygens (including phenoxy) is 1. The lowest BCUT2D eigenvalue weighted by Crippen LogP contribution is -1.99. The summed E-state index contributed by atoms with van der Waals surface area (Å²) in [6, 6.07) is 4.04. The Morgan fingerprint density at radius 2 is 2.22 bits per heavy atom. The highest BCUT2D eigenvalue weighted by Crippen LogP contribution is 2.30. The van der Waals surface area contributed by atoms with Gasteiger partial charge in [-0.2, -0.15) is 0 Å². The van der Waals surface area contributed by atoms with E-state index in [1.807, 2.05) is 0 Å². The monoisotopic (exact) mass is 287 g/mol. The average molecular weight is 288 g/mol. The summed E-state index contributed by atoms with van der Waals surface area (Å²) in [5.74, 6) is 0.162. The summed E-state index contributed by atoms with van der Waals surface area (Å²) in [4.78, 5) is 3.58. The molecule has 0 amide bonds. The van der Waals surface area contributed by atoms with Crippen LogP contribution < -0.4 is 4.74 Å². The summed E-state index contributed by atoms with van der Waals surface area (Å²) >= 11 is 5.81. The van der Waals surface area contributed by atoms with E-state index in [9.17, 15) is 8.42 Å². The molecule has 2 aromatic rings. The van der Waals surface area contributed by atoms with Crippen LogP contribution in [0.1, 0.15) is 0 Å². The van der Waals surface area contributed by atoms with Crippen molar-refractivity contribution in [3.05, 3.63) is 34.3 Å². The van der Waals surface area contributed by atoms with Crippen LogP contribution in [0.2, 0.25) is 5.02 Å². The molecule has 0 spiro atoms. The van der Waals surface area contributed by atoms with E-state index in [0.717, 1.165) is 6.33 Å². The molecular weight excluding hydrogens is 280 g/mol. The van der Waals surface area contributed by atoms with E-state index in [1.165, 1.54) is 25.3 Å². The third-order valence-corrected chi connectivity index (χ3v) is 3.60. The fraction of sp³-hybridized carbons (Fsp3) is 0.111. The second-order valence-corrected chi connectivity index (χ2v) is 5.18. The predicted molar refractivity (Wildman–Crippen MR) is 64.6 cm³/mol. The largest absolute Gasteiger partial charge is 0.495 e. The van der Waals surface area contributed by atoms with Crippen molar-refractivity contribution in [3.8, 4) is 5.75 Å². The number of aromatic amines is 1. The van der Waals surface area contributed by atoms with Gasteiger partial charge in [0, 0.05) is 12.0 Å². The normalized spacial score (nSPS) is 11.2. The van der Waals surface area contributed by atoms with E-state index in [0.29, 0.717) is 5.02 Å². The van der Waals surface area contributed by atoms with Crippen LogP contribution in [0.25, 0.3) is 4.72 Å². The van der Waals surface area contributed by atoms with Gasteiger partial charge in [0.05, 0.1) is 23.4 Å². The average Bonchev–Trinajstić information content (AvgIpc) is 2.81. The molecule has 2 rings (SSSR count). The zero-order valence-corrected chi connectivity index (χ0v) is 10.7. The number of H-pyrrole nitrogens is 1. The van der Waals surface area contributed by atoms with Crippen LogP contribution in [-0.4, -0.2) is 30.7 Å². The molecule has 0 unspecified atom stereocenters. The van der Waals surface area contributed by atoms with E-state index in [1.54, 1.807) is 0 Å². The topological polar surface area (TPSA) is 99.0 Å². The highest BCUT2D eigenvalue weighted by molar-refractivity contribution is 7.94. The van der Waals surface area contributed by atoms with Crippen molar-refractivity contribution >= 4 is 27.6 Å². The highest BCUT2D eigenvalue weighted by atomic mass is 35.5. The van der Waals surface area contributed by atoms with E-state index in [2.05, 4.69) is 19.9 Å². The van der Waals surface area contributed by atoms with Crippen LogP contribution in [0, 0.1) is 0 Å². The molecule has 96 valence electrons. The maximum atomic E-state index is 11.9. The van der Waals surface area contributed by atoms with Gasteiger partial charge in [-0.05, 0) is 12.1 Å². The van der Waals surface area contributed by atoms with Crippen molar-refractivity contribution in [2.75, 3.05) is 7.11 Å². The molecule has 1 N–H and O–H groups in total. The van der Waals surface area contributed by atoms with Gasteiger partial charge in [-0.3, -0.25) is 4.72 Å². The number of nitrogens with one attached hydrogen (secondary N) is 1. The van der Waals surface area contributed by atoms with Crippen molar-refractivity contribution in [3.63, 3.8) is 0 Å². The Balaban J connectivity index is 2.35. The molecule has 0 atom stereocenters. The molecule has 1 aromatic carbocycles. The van der Waals surface area contributed by atoms with Gasteiger partial charge in [-0.25, -0.2) is 13.5 Å². The van der Waals surface area contributed by atoms with E-state index in [-0.39, 0.29) is 16.6 Å². The molecular formula is C9H8ClN4O3S-. The number of nitrogens with zero attached hydrogens (tertiary/aromatic N) is 3. The lowest BCUT2D eigenvalue weighted by Gasteiger charge is -2.11. The molecule has 0 radical (unpaired) electrons. The summed E-state index contributed by atoms with van der Waals surface area (Å²) in [5, 5.41) is 6.16. The standard InChI is InChI=1S/C9H8ClN4O3S/c1-17-8-4-6(2-3-7(8)10)18(15,16)14-9-11-5-12-13-9/h2-5H,1H3,(H-,11,12,13,14)/q-1. The van der Waals surface area contributed by atoms with Gasteiger partial charge < -0.3 is 14.8 Å². The third kappa shape index (κ3) is 2.54. The fourth-order valence-corrected chi connectivity index (χ4v) is 2.32. The second kappa shape index (κ2) is 4.83. The Hall–Kier alpha value is -1.80. The van der Waals surface area contributed by atoms with Crippen molar-refractivity contribution in [2.45, 2.75) is 4.90 Å². The Bertz CT molecular complexity index is 642. The maximum absolute atomic E-state index is 11.9. The van der Waals surface area contributed by atoms with Crippen LogP contribution in [-0.2, 0) is 10.0 Å². The minimum absolute atomic E-state index is 0.0415. The SMILES string of the molecule is COc1cc(S(=O)(=O)[N-]c2ncn[nH]2)ccc1Cl. The van der Waals surface area contributed by atoms with Gasteiger partial charge in [0.15, 0.2) is 0 Å². The Morgan fingerprint density at radius 1 is 1.44 bits per heavy atom. The van der Waals surface area contributed by atoms with Gasteiger partial charge in [-0.15, -0.1) is 0 Å². The summed E-state index contributed by atoms with van der Waals surface area (Å²) in [6.07, 6.45) is 1.16. The van der Waals surface area contributed by atoms with Crippen molar-refractivity contribution in [1.82, 2.24) is 15.2 Å². The van der Waals surface area contributed by atoms with Gasteiger partial charge in [0.1, 0.15) is 5.75 Å². The summed E-state index contributed by atoms with van der Waals surface area (Å²) in [6.45, 7) is 0. The first-order chi connectivity index (χ1) is 8.53. The molecule has 0 saturated carbocycles. The van der Waals surface area contributed by atoms with E-state index >= 15 is 0 Å². The molecule has 1 heterocycles. The highest BCUT2D eigenvalue weighted by Gasteiger charge is 2.14. The molecule has 9 heteroatoms. The van der Waals surface area contributed by atoms with Crippen LogP contribution in [0.4, 0.5) is 5.95 Å². The molecule has 0 aliphatic rings. The van der Waals surface area contributed by atoms with Gasteiger partial charge >= 0.3 is 0 Å². The number of halogens is 1. The number of sulfonamides is 1. The van der Waals surface area contributed by atoms with Gasteiger partial charge in [0.25, 0.3) is 0 Å². The molecule has 18 heavy (non-hydrogen) atoms. The number of aromatic nitrogens is 3. The van der Waals surface area contributed by atoms with Crippen LogP contribution in [0.15, 0.2) is 29.4 Å². The lowest BCUT2D eigenvalue weighted by atomic mass is 10.3. The quantitative estimate of drug-likeness (QED) is 0.925. The molecule has 0 saturated heterocycles.